The standard InChI is InChI=1S/C31H24ClN3O5/c1-38-22-11-6-10-21(17-22)31(37)40-25-15-14-19(16-26(25)39-2)18-33-35-30(36)29-27(20-8-4-3-5-9-20)23-12-7-13-24(32)28(23)34-29/h3-18,34H,1-2H3,(H,35,36). The van der Waals surface area contributed by atoms with Crippen LogP contribution in [0.2, 0.25) is 5.02 Å². The Bertz CT molecular complexity index is 1730. The molecular weight excluding hydrogens is 530 g/mol. The number of carbonyl (C=O) groups excluding carboxylic acids is 2. The van der Waals surface area contributed by atoms with Gasteiger partial charge in [0.15, 0.2) is 11.5 Å². The topological polar surface area (TPSA) is 102 Å². The lowest BCUT2D eigenvalue weighted by molar-refractivity contribution is 0.0729. The van der Waals surface area contributed by atoms with Crippen molar-refractivity contribution in [2.75, 3.05) is 14.2 Å². The molecule has 0 atom stereocenters. The average Bonchev–Trinajstić information content (AvgIpc) is 3.39. The summed E-state index contributed by atoms with van der Waals surface area (Å²) in [6, 6.07) is 26.7. The Hall–Kier alpha value is -5.08. The van der Waals surface area contributed by atoms with Gasteiger partial charge < -0.3 is 19.2 Å². The number of benzene rings is 4. The Morgan fingerprint density at radius 2 is 1.68 bits per heavy atom. The first-order valence-corrected chi connectivity index (χ1v) is 12.6. The van der Waals surface area contributed by atoms with Gasteiger partial charge in [-0.3, -0.25) is 4.79 Å². The van der Waals surface area contributed by atoms with Crippen LogP contribution >= 0.6 is 11.6 Å². The Morgan fingerprint density at radius 1 is 0.875 bits per heavy atom. The van der Waals surface area contributed by atoms with E-state index in [1.54, 1.807) is 48.5 Å². The highest BCUT2D eigenvalue weighted by atomic mass is 35.5. The minimum atomic E-state index is -0.557. The molecule has 0 unspecified atom stereocenters. The van der Waals surface area contributed by atoms with Crippen molar-refractivity contribution in [3.63, 3.8) is 0 Å². The predicted molar refractivity (Wildman–Crippen MR) is 155 cm³/mol. The molecule has 0 fully saturated rings. The zero-order valence-corrected chi connectivity index (χ0v) is 22.4. The van der Waals surface area contributed by atoms with Gasteiger partial charge in [-0.15, -0.1) is 0 Å². The molecule has 9 heteroatoms. The second-order valence-electron chi connectivity index (χ2n) is 8.63. The highest BCUT2D eigenvalue weighted by Crippen LogP contribution is 2.35. The summed E-state index contributed by atoms with van der Waals surface area (Å²) in [4.78, 5) is 29.0. The van der Waals surface area contributed by atoms with Crippen LogP contribution in [0.1, 0.15) is 26.4 Å². The van der Waals surface area contributed by atoms with Crippen molar-refractivity contribution in [1.82, 2.24) is 10.4 Å². The number of nitrogens with zero attached hydrogens (tertiary/aromatic N) is 1. The van der Waals surface area contributed by atoms with E-state index in [2.05, 4.69) is 15.5 Å². The van der Waals surface area contributed by atoms with Gasteiger partial charge in [0, 0.05) is 10.9 Å². The van der Waals surface area contributed by atoms with Crippen LogP contribution in [0.25, 0.3) is 22.0 Å². The van der Waals surface area contributed by atoms with E-state index in [4.69, 9.17) is 25.8 Å². The van der Waals surface area contributed by atoms with E-state index in [9.17, 15) is 9.59 Å². The molecule has 0 aliphatic carbocycles. The number of H-pyrrole nitrogens is 1. The van der Waals surface area contributed by atoms with Crippen molar-refractivity contribution >= 4 is 40.6 Å². The van der Waals surface area contributed by atoms with Gasteiger partial charge in [-0.05, 0) is 53.6 Å². The molecule has 2 N–H and O–H groups in total. The number of nitrogens with one attached hydrogen (secondary N) is 2. The number of para-hydroxylation sites is 1. The monoisotopic (exact) mass is 553 g/mol. The number of hydrogen-bond donors (Lipinski definition) is 2. The third-order valence-electron chi connectivity index (χ3n) is 6.15. The van der Waals surface area contributed by atoms with Crippen LogP contribution in [0.4, 0.5) is 0 Å². The molecule has 0 saturated heterocycles. The number of halogens is 1. The van der Waals surface area contributed by atoms with Gasteiger partial charge in [-0.25, -0.2) is 10.2 Å². The molecule has 40 heavy (non-hydrogen) atoms. The van der Waals surface area contributed by atoms with Gasteiger partial charge in [0.1, 0.15) is 11.4 Å². The van der Waals surface area contributed by atoms with Gasteiger partial charge in [-0.1, -0.05) is 60.1 Å². The molecule has 200 valence electrons. The first kappa shape index (κ1) is 26.5. The first-order chi connectivity index (χ1) is 19.5. The van der Waals surface area contributed by atoms with E-state index in [-0.39, 0.29) is 5.75 Å². The normalized spacial score (nSPS) is 11.0. The van der Waals surface area contributed by atoms with Crippen molar-refractivity contribution in [1.29, 1.82) is 0 Å². The number of hydrazone groups is 1. The number of aromatic amines is 1. The molecule has 0 aliphatic rings. The molecule has 0 aliphatic heterocycles. The molecule has 0 spiro atoms. The number of ether oxygens (including phenoxy) is 3. The van der Waals surface area contributed by atoms with E-state index in [1.807, 2.05) is 42.5 Å². The molecule has 0 saturated carbocycles. The van der Waals surface area contributed by atoms with Crippen LogP contribution in [0.5, 0.6) is 17.2 Å². The van der Waals surface area contributed by atoms with Gasteiger partial charge >= 0.3 is 5.97 Å². The Balaban J connectivity index is 1.34. The molecule has 8 nitrogen and oxygen atoms in total. The molecule has 0 radical (unpaired) electrons. The largest absolute Gasteiger partial charge is 0.497 e. The van der Waals surface area contributed by atoms with Gasteiger partial charge in [0.2, 0.25) is 0 Å². The smallest absolute Gasteiger partial charge is 0.343 e. The van der Waals surface area contributed by atoms with E-state index >= 15 is 0 Å². The summed E-state index contributed by atoms with van der Waals surface area (Å²) in [5.41, 5.74) is 6.13. The fourth-order valence-electron chi connectivity index (χ4n) is 4.24. The van der Waals surface area contributed by atoms with Crippen LogP contribution in [-0.4, -0.2) is 37.3 Å². The molecule has 1 amide bonds. The van der Waals surface area contributed by atoms with Crippen LogP contribution in [-0.2, 0) is 0 Å². The van der Waals surface area contributed by atoms with Crippen LogP contribution < -0.4 is 19.6 Å². The van der Waals surface area contributed by atoms with E-state index in [0.717, 1.165) is 16.5 Å². The fourth-order valence-corrected chi connectivity index (χ4v) is 4.46. The molecule has 4 aromatic carbocycles. The van der Waals surface area contributed by atoms with E-state index in [1.165, 1.54) is 20.4 Å². The maximum Gasteiger partial charge on any atom is 0.343 e. The number of fused-ring (bicyclic) bond motifs is 1. The predicted octanol–water partition coefficient (Wildman–Crippen LogP) is 6.49. The summed E-state index contributed by atoms with van der Waals surface area (Å²) in [6.07, 6.45) is 1.46. The van der Waals surface area contributed by atoms with Crippen molar-refractivity contribution in [2.45, 2.75) is 0 Å². The van der Waals surface area contributed by atoms with Gasteiger partial charge in [0.25, 0.3) is 5.91 Å². The summed E-state index contributed by atoms with van der Waals surface area (Å²) in [7, 11) is 2.99. The Kier molecular flexibility index (Phi) is 7.80. The van der Waals surface area contributed by atoms with Crippen molar-refractivity contribution < 1.29 is 23.8 Å². The molecule has 0 bridgehead atoms. The van der Waals surface area contributed by atoms with Crippen molar-refractivity contribution in [3.8, 4) is 28.4 Å². The summed E-state index contributed by atoms with van der Waals surface area (Å²) in [5, 5.41) is 5.46. The fraction of sp³-hybridized carbons (Fsp3) is 0.0645. The summed E-state index contributed by atoms with van der Waals surface area (Å²) >= 11 is 6.40. The molecule has 1 heterocycles. The molecular formula is C31H24ClN3O5. The highest BCUT2D eigenvalue weighted by molar-refractivity contribution is 6.36. The number of esters is 1. The zero-order chi connectivity index (χ0) is 28.1. The SMILES string of the molecule is COc1cccc(C(=O)Oc2ccc(C=NNC(=O)c3[nH]c4c(Cl)cccc4c3-c3ccccc3)cc2OC)c1. The summed E-state index contributed by atoms with van der Waals surface area (Å²) in [5.74, 6) is 0.111. The van der Waals surface area contributed by atoms with Crippen LogP contribution in [0, 0.1) is 0 Å². The highest BCUT2D eigenvalue weighted by Gasteiger charge is 2.20. The number of amides is 1. The lowest BCUT2D eigenvalue weighted by atomic mass is 10.0. The Morgan fingerprint density at radius 3 is 2.45 bits per heavy atom. The zero-order valence-electron chi connectivity index (χ0n) is 21.6. The number of rotatable bonds is 8. The van der Waals surface area contributed by atoms with E-state index < -0.39 is 11.9 Å². The minimum Gasteiger partial charge on any atom is -0.497 e. The minimum absolute atomic E-state index is 0.235. The molecule has 1 aromatic heterocycles. The van der Waals surface area contributed by atoms with Gasteiger partial charge in [-0.2, -0.15) is 5.10 Å². The summed E-state index contributed by atoms with van der Waals surface area (Å²) in [6.45, 7) is 0. The Labute approximate surface area is 235 Å². The second-order valence-corrected chi connectivity index (χ2v) is 9.04. The van der Waals surface area contributed by atoms with Gasteiger partial charge in [0.05, 0.1) is 36.5 Å². The number of methoxy groups -OCH3 is 2. The third-order valence-corrected chi connectivity index (χ3v) is 6.46. The van der Waals surface area contributed by atoms with Crippen molar-refractivity contribution in [3.05, 3.63) is 113 Å². The lowest BCUT2D eigenvalue weighted by Gasteiger charge is -2.10. The maximum atomic E-state index is 13.2. The maximum absolute atomic E-state index is 13.2. The quantitative estimate of drug-likeness (QED) is 0.0989. The van der Waals surface area contributed by atoms with Crippen LogP contribution in [0.15, 0.2) is 96.1 Å². The molecule has 5 rings (SSSR count). The number of carbonyl (C=O) groups is 2. The number of hydrogen-bond acceptors (Lipinski definition) is 6. The van der Waals surface area contributed by atoms with E-state index in [0.29, 0.717) is 38.9 Å². The first-order valence-electron chi connectivity index (χ1n) is 12.2. The van der Waals surface area contributed by atoms with Crippen molar-refractivity contribution in [2.24, 2.45) is 5.10 Å². The molecule has 5 aromatic rings. The summed E-state index contributed by atoms with van der Waals surface area (Å²) < 4.78 is 16.1. The third kappa shape index (κ3) is 5.52. The number of aromatic nitrogens is 1. The second kappa shape index (κ2) is 11.8. The average molecular weight is 554 g/mol. The lowest BCUT2D eigenvalue weighted by Crippen LogP contribution is -2.18. The van der Waals surface area contributed by atoms with Crippen LogP contribution in [0.3, 0.4) is 0 Å².